The van der Waals surface area contributed by atoms with Gasteiger partial charge in [-0.15, -0.1) is 24.0 Å². The molecule has 0 radical (unpaired) electrons. The van der Waals surface area contributed by atoms with Crippen LogP contribution in [-0.2, 0) is 17.5 Å². The molecule has 2 fully saturated rings. The van der Waals surface area contributed by atoms with Gasteiger partial charge in [-0.1, -0.05) is 18.2 Å². The van der Waals surface area contributed by atoms with Gasteiger partial charge in [-0.05, 0) is 18.6 Å². The Morgan fingerprint density at radius 2 is 1.87 bits per heavy atom. The molecule has 2 heterocycles. The van der Waals surface area contributed by atoms with Crippen molar-refractivity contribution < 1.29 is 23.0 Å². The summed E-state index contributed by atoms with van der Waals surface area (Å²) < 4.78 is 44.1. The van der Waals surface area contributed by atoms with Gasteiger partial charge in [0, 0.05) is 65.3 Å². The number of aliphatic imine (C=N–C) groups is 1. The SMILES string of the molecule is CCNC(=NCC1(O)CCOCC1)N1CCN(Cc2cccc(C(F)(F)F)c2)CC1.I. The molecular weight excluding hydrogens is 524 g/mol. The first-order valence-corrected chi connectivity index (χ1v) is 10.5. The third-order valence-corrected chi connectivity index (χ3v) is 5.61. The van der Waals surface area contributed by atoms with E-state index in [1.54, 1.807) is 6.07 Å². The number of alkyl halides is 3. The quantitative estimate of drug-likeness (QED) is 0.332. The minimum atomic E-state index is -4.32. The zero-order chi connectivity index (χ0) is 21.6. The number of benzene rings is 1. The molecule has 1 aromatic rings. The number of hydrogen-bond acceptors (Lipinski definition) is 4. The highest BCUT2D eigenvalue weighted by molar-refractivity contribution is 14.0. The van der Waals surface area contributed by atoms with Crippen molar-refractivity contribution in [3.8, 4) is 0 Å². The van der Waals surface area contributed by atoms with Crippen LogP contribution >= 0.6 is 24.0 Å². The largest absolute Gasteiger partial charge is 0.416 e. The summed E-state index contributed by atoms with van der Waals surface area (Å²) in [7, 11) is 0. The first-order chi connectivity index (χ1) is 14.3. The van der Waals surface area contributed by atoms with Crippen molar-refractivity contribution in [2.45, 2.75) is 38.1 Å². The Morgan fingerprint density at radius 1 is 1.19 bits per heavy atom. The van der Waals surface area contributed by atoms with Gasteiger partial charge in [-0.3, -0.25) is 9.89 Å². The molecule has 0 atom stereocenters. The summed E-state index contributed by atoms with van der Waals surface area (Å²) in [5, 5.41) is 13.9. The second-order valence-electron chi connectivity index (χ2n) is 7.97. The average Bonchev–Trinajstić information content (AvgIpc) is 2.72. The van der Waals surface area contributed by atoms with Crippen molar-refractivity contribution in [2.75, 3.05) is 52.5 Å². The normalized spacial score (nSPS) is 20.3. The van der Waals surface area contributed by atoms with E-state index in [4.69, 9.17) is 4.74 Å². The average molecular weight is 556 g/mol. The van der Waals surface area contributed by atoms with Gasteiger partial charge >= 0.3 is 6.18 Å². The Kier molecular flexibility index (Phi) is 9.84. The summed E-state index contributed by atoms with van der Waals surface area (Å²) in [5.41, 5.74) is -0.753. The molecule has 0 unspecified atom stereocenters. The summed E-state index contributed by atoms with van der Waals surface area (Å²) in [6.07, 6.45) is -3.15. The molecule has 176 valence electrons. The van der Waals surface area contributed by atoms with Gasteiger partial charge in [0.2, 0.25) is 0 Å². The topological polar surface area (TPSA) is 60.3 Å². The van der Waals surface area contributed by atoms with Crippen molar-refractivity contribution in [1.82, 2.24) is 15.1 Å². The number of halogens is 4. The second kappa shape index (κ2) is 11.7. The second-order valence-corrected chi connectivity index (χ2v) is 7.97. The summed E-state index contributed by atoms with van der Waals surface area (Å²) >= 11 is 0. The smallest absolute Gasteiger partial charge is 0.388 e. The number of nitrogens with one attached hydrogen (secondary N) is 1. The van der Waals surface area contributed by atoms with Crippen LogP contribution in [0.1, 0.15) is 30.9 Å². The number of rotatable bonds is 5. The maximum Gasteiger partial charge on any atom is 0.416 e. The molecule has 2 aliphatic heterocycles. The van der Waals surface area contributed by atoms with Gasteiger partial charge in [-0.2, -0.15) is 13.2 Å². The van der Waals surface area contributed by atoms with E-state index in [0.717, 1.165) is 44.7 Å². The van der Waals surface area contributed by atoms with E-state index in [0.29, 0.717) is 44.7 Å². The monoisotopic (exact) mass is 556 g/mol. The van der Waals surface area contributed by atoms with E-state index in [2.05, 4.69) is 20.1 Å². The van der Waals surface area contributed by atoms with Gasteiger partial charge in [0.25, 0.3) is 0 Å². The van der Waals surface area contributed by atoms with Gasteiger partial charge in [-0.25, -0.2) is 0 Å². The molecule has 3 rings (SSSR count). The van der Waals surface area contributed by atoms with Crippen molar-refractivity contribution in [1.29, 1.82) is 0 Å². The number of ether oxygens (including phenoxy) is 1. The molecule has 2 N–H and O–H groups in total. The molecule has 0 saturated carbocycles. The Morgan fingerprint density at radius 3 is 2.48 bits per heavy atom. The van der Waals surface area contributed by atoms with E-state index in [9.17, 15) is 18.3 Å². The Balaban J connectivity index is 0.00000341. The molecule has 6 nitrogen and oxygen atoms in total. The summed E-state index contributed by atoms with van der Waals surface area (Å²) in [5.74, 6) is 0.774. The molecule has 0 spiro atoms. The molecule has 0 aromatic heterocycles. The van der Waals surface area contributed by atoms with Crippen molar-refractivity contribution in [2.24, 2.45) is 4.99 Å². The van der Waals surface area contributed by atoms with E-state index in [-0.39, 0.29) is 24.0 Å². The molecule has 31 heavy (non-hydrogen) atoms. The first kappa shape index (κ1) is 26.1. The number of guanidine groups is 1. The summed E-state index contributed by atoms with van der Waals surface area (Å²) in [6, 6.07) is 5.53. The van der Waals surface area contributed by atoms with Crippen LogP contribution in [0, 0.1) is 0 Å². The number of piperazine rings is 1. The maximum atomic E-state index is 12.9. The fourth-order valence-electron chi connectivity index (χ4n) is 3.78. The standard InChI is InChI=1S/C21H31F3N4O2.HI/c1-2-25-19(26-16-20(29)6-12-30-13-7-20)28-10-8-27(9-11-28)15-17-4-3-5-18(14-17)21(22,23)24;/h3-5,14,29H,2,6-13,15-16H2,1H3,(H,25,26);1H. The van der Waals surface area contributed by atoms with Crippen LogP contribution in [0.15, 0.2) is 29.3 Å². The Hall–Kier alpha value is -1.11. The lowest BCUT2D eigenvalue weighted by atomic mass is 9.95. The molecule has 0 amide bonds. The van der Waals surface area contributed by atoms with Crippen LogP contribution in [0.3, 0.4) is 0 Å². The van der Waals surface area contributed by atoms with E-state index < -0.39 is 17.3 Å². The summed E-state index contributed by atoms with van der Waals surface area (Å²) in [6.45, 7) is 7.59. The van der Waals surface area contributed by atoms with Crippen LogP contribution in [-0.4, -0.2) is 78.9 Å². The molecule has 0 bridgehead atoms. The lowest BCUT2D eigenvalue weighted by Gasteiger charge is -2.37. The highest BCUT2D eigenvalue weighted by Crippen LogP contribution is 2.29. The van der Waals surface area contributed by atoms with Crippen molar-refractivity contribution in [3.63, 3.8) is 0 Å². The highest BCUT2D eigenvalue weighted by Gasteiger charge is 2.31. The predicted octanol–water partition coefficient (Wildman–Crippen LogP) is 2.95. The summed E-state index contributed by atoms with van der Waals surface area (Å²) in [4.78, 5) is 8.96. The molecule has 10 heteroatoms. The van der Waals surface area contributed by atoms with E-state index >= 15 is 0 Å². The Labute approximate surface area is 198 Å². The van der Waals surface area contributed by atoms with Crippen molar-refractivity contribution in [3.05, 3.63) is 35.4 Å². The predicted molar refractivity (Wildman–Crippen MR) is 125 cm³/mol. The number of nitrogens with zero attached hydrogens (tertiary/aromatic N) is 3. The lowest BCUT2D eigenvalue weighted by molar-refractivity contribution is -0.137. The van der Waals surface area contributed by atoms with Crippen LogP contribution in [0.5, 0.6) is 0 Å². The lowest BCUT2D eigenvalue weighted by Crippen LogP contribution is -2.52. The molecule has 0 aliphatic carbocycles. The van der Waals surface area contributed by atoms with Crippen LogP contribution in [0.2, 0.25) is 0 Å². The van der Waals surface area contributed by atoms with Crippen LogP contribution < -0.4 is 5.32 Å². The van der Waals surface area contributed by atoms with Gasteiger partial charge in [0.1, 0.15) is 0 Å². The minimum Gasteiger partial charge on any atom is -0.388 e. The molecule has 2 saturated heterocycles. The minimum absolute atomic E-state index is 0. The van der Waals surface area contributed by atoms with Crippen LogP contribution in [0.25, 0.3) is 0 Å². The number of aliphatic hydroxyl groups is 1. The third-order valence-electron chi connectivity index (χ3n) is 5.61. The fraction of sp³-hybridized carbons (Fsp3) is 0.667. The first-order valence-electron chi connectivity index (χ1n) is 10.5. The van der Waals surface area contributed by atoms with Crippen molar-refractivity contribution >= 4 is 29.9 Å². The molecule has 1 aromatic carbocycles. The molecule has 2 aliphatic rings. The maximum absolute atomic E-state index is 12.9. The van der Waals surface area contributed by atoms with Crippen LogP contribution in [0.4, 0.5) is 13.2 Å². The van der Waals surface area contributed by atoms with E-state index in [1.807, 2.05) is 6.92 Å². The fourth-order valence-corrected chi connectivity index (χ4v) is 3.78. The highest BCUT2D eigenvalue weighted by atomic mass is 127. The van der Waals surface area contributed by atoms with Gasteiger partial charge in [0.15, 0.2) is 5.96 Å². The van der Waals surface area contributed by atoms with Gasteiger partial charge in [0.05, 0.1) is 17.7 Å². The third kappa shape index (κ3) is 7.76. The Bertz CT molecular complexity index is 719. The molecular formula is C21H32F3IN4O2. The zero-order valence-electron chi connectivity index (χ0n) is 17.8. The zero-order valence-corrected chi connectivity index (χ0v) is 20.2. The van der Waals surface area contributed by atoms with Gasteiger partial charge < -0.3 is 20.1 Å². The van der Waals surface area contributed by atoms with E-state index in [1.165, 1.54) is 12.1 Å². The number of hydrogen-bond donors (Lipinski definition) is 2.